The van der Waals surface area contributed by atoms with Crippen LogP contribution in [0.1, 0.15) is 37.4 Å². The molecule has 1 aromatic rings. The molecule has 2 heterocycles. The highest BCUT2D eigenvalue weighted by Gasteiger charge is 2.30. The Morgan fingerprint density at radius 2 is 1.95 bits per heavy atom. The number of hydrogen-bond donors (Lipinski definition) is 1. The summed E-state index contributed by atoms with van der Waals surface area (Å²) in [5.74, 6) is 0.604. The molecule has 2 N–H and O–H groups in total. The maximum Gasteiger partial charge on any atom is 0.177 e. The van der Waals surface area contributed by atoms with Crippen molar-refractivity contribution in [1.29, 1.82) is 0 Å². The van der Waals surface area contributed by atoms with Gasteiger partial charge in [-0.15, -0.1) is 11.3 Å². The molecule has 0 amide bonds. The minimum absolute atomic E-state index is 0.0661. The summed E-state index contributed by atoms with van der Waals surface area (Å²) in [5.41, 5.74) is 6.60. The lowest BCUT2D eigenvalue weighted by Gasteiger charge is -2.36. The molecule has 0 radical (unpaired) electrons. The second-order valence-electron chi connectivity index (χ2n) is 5.86. The molecule has 118 valence electrons. The Morgan fingerprint density at radius 3 is 2.43 bits per heavy atom. The number of anilines is 2. The first-order valence-corrected chi connectivity index (χ1v) is 8.07. The van der Waals surface area contributed by atoms with Gasteiger partial charge in [-0.05, 0) is 13.8 Å². The number of methoxy groups -OCH3 is 1. The number of nitrogens with zero attached hydrogens (tertiary/aromatic N) is 1. The maximum absolute atomic E-state index is 12.3. The van der Waals surface area contributed by atoms with E-state index >= 15 is 0 Å². The zero-order chi connectivity index (χ0) is 15.7. The number of thiophene rings is 1. The number of rotatable bonds is 4. The Hall–Kier alpha value is -1.27. The second-order valence-corrected chi connectivity index (χ2v) is 6.86. The van der Waals surface area contributed by atoms with Crippen LogP contribution in [0.2, 0.25) is 0 Å². The third kappa shape index (κ3) is 3.16. The van der Waals surface area contributed by atoms with Gasteiger partial charge in [0.2, 0.25) is 0 Å². The smallest absolute Gasteiger partial charge is 0.177 e. The summed E-state index contributed by atoms with van der Waals surface area (Å²) in [5, 5.41) is 0.931. The van der Waals surface area contributed by atoms with Crippen LogP contribution in [0.4, 0.5) is 10.7 Å². The van der Waals surface area contributed by atoms with Crippen LogP contribution in [-0.4, -0.2) is 38.2 Å². The van der Waals surface area contributed by atoms with Crippen LogP contribution < -0.4 is 15.4 Å². The molecule has 0 saturated carbocycles. The molecule has 1 saturated heterocycles. The predicted octanol–water partition coefficient (Wildman–Crippen LogP) is 2.79. The van der Waals surface area contributed by atoms with Gasteiger partial charge >= 0.3 is 0 Å². The molecule has 0 aromatic carbocycles. The van der Waals surface area contributed by atoms with Crippen molar-refractivity contribution in [2.45, 2.75) is 39.9 Å². The minimum Gasteiger partial charge on any atom is -0.492 e. The molecule has 1 fully saturated rings. The fraction of sp³-hybridized carbons (Fsp3) is 0.667. The van der Waals surface area contributed by atoms with E-state index in [-0.39, 0.29) is 23.9 Å². The van der Waals surface area contributed by atoms with Crippen molar-refractivity contribution in [2.75, 3.05) is 30.8 Å². The Bertz CT molecular complexity index is 517. The van der Waals surface area contributed by atoms with Gasteiger partial charge in [-0.3, -0.25) is 4.79 Å². The molecule has 1 aromatic heterocycles. The molecule has 2 unspecified atom stereocenters. The number of ketones is 1. The van der Waals surface area contributed by atoms with Crippen LogP contribution in [0.3, 0.4) is 0 Å². The fourth-order valence-electron chi connectivity index (χ4n) is 2.61. The van der Waals surface area contributed by atoms with Crippen molar-refractivity contribution in [1.82, 2.24) is 0 Å². The van der Waals surface area contributed by atoms with E-state index in [9.17, 15) is 4.79 Å². The normalized spacial score (nSPS) is 22.7. The second kappa shape index (κ2) is 6.23. The van der Waals surface area contributed by atoms with E-state index < -0.39 is 0 Å². The third-order valence-corrected chi connectivity index (χ3v) is 4.80. The molecule has 1 aliphatic rings. The van der Waals surface area contributed by atoms with Crippen LogP contribution in [0.15, 0.2) is 0 Å². The highest BCUT2D eigenvalue weighted by atomic mass is 32.1. The average Bonchev–Trinajstić information content (AvgIpc) is 2.73. The quantitative estimate of drug-likeness (QED) is 0.866. The highest BCUT2D eigenvalue weighted by molar-refractivity contribution is 7.19. The Balaban J connectivity index is 2.39. The molecule has 5 nitrogen and oxygen atoms in total. The van der Waals surface area contributed by atoms with Gasteiger partial charge in [-0.1, -0.05) is 13.8 Å². The van der Waals surface area contributed by atoms with Crippen molar-refractivity contribution < 1.29 is 14.3 Å². The lowest BCUT2D eigenvalue weighted by Crippen LogP contribution is -2.45. The Kier molecular flexibility index (Phi) is 4.78. The molecule has 1 aliphatic heterocycles. The van der Waals surface area contributed by atoms with Crippen LogP contribution in [0, 0.1) is 5.92 Å². The number of carbonyl (C=O) groups excluding carboxylic acids is 1. The number of ether oxygens (including phenoxy) is 2. The van der Waals surface area contributed by atoms with E-state index in [0.29, 0.717) is 16.3 Å². The zero-order valence-electron chi connectivity index (χ0n) is 13.3. The lowest BCUT2D eigenvalue weighted by atomic mass is 10.1. The van der Waals surface area contributed by atoms with Crippen molar-refractivity contribution in [2.24, 2.45) is 5.92 Å². The summed E-state index contributed by atoms with van der Waals surface area (Å²) in [6, 6.07) is 0. The first kappa shape index (κ1) is 16.1. The summed E-state index contributed by atoms with van der Waals surface area (Å²) in [6.07, 6.45) is 0.289. The molecule has 2 atom stereocenters. The van der Waals surface area contributed by atoms with Crippen LogP contribution in [-0.2, 0) is 4.74 Å². The van der Waals surface area contributed by atoms with Crippen LogP contribution >= 0.6 is 11.3 Å². The maximum atomic E-state index is 12.3. The van der Waals surface area contributed by atoms with Gasteiger partial charge in [-0.25, -0.2) is 0 Å². The topological polar surface area (TPSA) is 64.8 Å². The molecule has 0 spiro atoms. The lowest BCUT2D eigenvalue weighted by molar-refractivity contribution is -0.00510. The van der Waals surface area contributed by atoms with Gasteiger partial charge in [0.1, 0.15) is 5.00 Å². The summed E-state index contributed by atoms with van der Waals surface area (Å²) in [7, 11) is 1.60. The molecule has 0 bridgehead atoms. The Labute approximate surface area is 130 Å². The van der Waals surface area contributed by atoms with E-state index in [0.717, 1.165) is 18.1 Å². The van der Waals surface area contributed by atoms with Crippen LogP contribution in [0.5, 0.6) is 5.75 Å². The van der Waals surface area contributed by atoms with Crippen molar-refractivity contribution in [3.05, 3.63) is 4.88 Å². The summed E-state index contributed by atoms with van der Waals surface area (Å²) in [6.45, 7) is 9.41. The SMILES string of the molecule is COc1c(N2CC(C)OC(C)C2)sc(C(=O)C(C)C)c1N. The first-order chi connectivity index (χ1) is 9.85. The number of Topliss-reactive ketones (excluding diaryl/α,β-unsaturated/α-hetero) is 1. The number of nitrogens with two attached hydrogens (primary N) is 1. The average molecular weight is 312 g/mol. The first-order valence-electron chi connectivity index (χ1n) is 7.26. The van der Waals surface area contributed by atoms with Crippen LogP contribution in [0.25, 0.3) is 0 Å². The van der Waals surface area contributed by atoms with E-state index in [1.807, 2.05) is 27.7 Å². The largest absolute Gasteiger partial charge is 0.492 e. The Morgan fingerprint density at radius 1 is 1.38 bits per heavy atom. The third-order valence-electron chi connectivity index (χ3n) is 3.54. The van der Waals surface area contributed by atoms with Crippen molar-refractivity contribution >= 4 is 27.8 Å². The predicted molar refractivity (Wildman–Crippen MR) is 86.7 cm³/mol. The molecule has 0 aliphatic carbocycles. The molecule has 2 rings (SSSR count). The standard InChI is InChI=1S/C15H24N2O3S/c1-8(2)12(18)14-11(16)13(19-5)15(21-14)17-6-9(3)20-10(4)7-17/h8-10H,6-7,16H2,1-5H3. The number of hydrogen-bond acceptors (Lipinski definition) is 6. The summed E-state index contributed by atoms with van der Waals surface area (Å²) in [4.78, 5) is 15.1. The van der Waals surface area contributed by atoms with Gasteiger partial charge in [0, 0.05) is 19.0 Å². The molecule has 21 heavy (non-hydrogen) atoms. The monoisotopic (exact) mass is 312 g/mol. The van der Waals surface area contributed by atoms with E-state index in [4.69, 9.17) is 15.2 Å². The van der Waals surface area contributed by atoms with E-state index in [1.54, 1.807) is 7.11 Å². The van der Waals surface area contributed by atoms with Gasteiger partial charge < -0.3 is 20.1 Å². The number of nitrogen functional groups attached to an aromatic ring is 1. The molecular formula is C15H24N2O3S. The minimum atomic E-state index is -0.0777. The van der Waals surface area contributed by atoms with E-state index in [2.05, 4.69) is 4.90 Å². The van der Waals surface area contributed by atoms with Crippen molar-refractivity contribution in [3.8, 4) is 5.75 Å². The molecule has 6 heteroatoms. The summed E-state index contributed by atoms with van der Waals surface area (Å²) >= 11 is 1.43. The van der Waals surface area contributed by atoms with Gasteiger partial charge in [0.25, 0.3) is 0 Å². The van der Waals surface area contributed by atoms with E-state index in [1.165, 1.54) is 11.3 Å². The van der Waals surface area contributed by atoms with Gasteiger partial charge in [0.15, 0.2) is 11.5 Å². The van der Waals surface area contributed by atoms with Crippen molar-refractivity contribution in [3.63, 3.8) is 0 Å². The molecular weight excluding hydrogens is 288 g/mol. The highest BCUT2D eigenvalue weighted by Crippen LogP contribution is 2.46. The fourth-order valence-corrected chi connectivity index (χ4v) is 3.91. The van der Waals surface area contributed by atoms with Gasteiger partial charge in [0.05, 0.1) is 29.9 Å². The zero-order valence-corrected chi connectivity index (χ0v) is 14.1. The number of carbonyl (C=O) groups is 1. The summed E-state index contributed by atoms with van der Waals surface area (Å²) < 4.78 is 11.2. The van der Waals surface area contributed by atoms with Gasteiger partial charge in [-0.2, -0.15) is 0 Å². The number of morpholine rings is 1.